The summed E-state index contributed by atoms with van der Waals surface area (Å²) in [4.78, 5) is 26.8. The van der Waals surface area contributed by atoms with Gasteiger partial charge in [-0.2, -0.15) is 0 Å². The van der Waals surface area contributed by atoms with Gasteiger partial charge in [0.1, 0.15) is 6.33 Å². The van der Waals surface area contributed by atoms with Crippen LogP contribution < -0.4 is 0 Å². The number of carbonyl (C=O) groups excluding carboxylic acids is 1. The molecule has 7 heteroatoms. The molecule has 7 nitrogen and oxygen atoms in total. The van der Waals surface area contributed by atoms with Crippen molar-refractivity contribution in [2.24, 2.45) is 0 Å². The second-order valence-electron chi connectivity index (χ2n) is 6.76. The van der Waals surface area contributed by atoms with Crippen LogP contribution in [0.15, 0.2) is 55.6 Å². The van der Waals surface area contributed by atoms with E-state index in [1.165, 1.54) is 0 Å². The molecule has 138 valence electrons. The van der Waals surface area contributed by atoms with Gasteiger partial charge in [0.2, 0.25) is 0 Å². The number of allylic oxidation sites excluding steroid dienone is 1. The van der Waals surface area contributed by atoms with Crippen LogP contribution >= 0.6 is 0 Å². The molecule has 0 radical (unpaired) electrons. The van der Waals surface area contributed by atoms with E-state index in [2.05, 4.69) is 33.7 Å². The number of carbonyl (C=O) groups is 1. The number of imidazole rings is 1. The summed E-state index contributed by atoms with van der Waals surface area (Å²) in [6.07, 6.45) is 8.42. The first-order valence-corrected chi connectivity index (χ1v) is 8.97. The van der Waals surface area contributed by atoms with Gasteiger partial charge in [0.15, 0.2) is 0 Å². The minimum Gasteiger partial charge on any atom is -0.416 e. The van der Waals surface area contributed by atoms with Crippen molar-refractivity contribution < 1.29 is 9.53 Å². The van der Waals surface area contributed by atoms with E-state index in [4.69, 9.17) is 4.74 Å². The summed E-state index contributed by atoms with van der Waals surface area (Å²) >= 11 is 0. The fraction of sp³-hybridized carbons (Fsp3) is 0.300. The van der Waals surface area contributed by atoms with Crippen molar-refractivity contribution in [1.29, 1.82) is 0 Å². The molecule has 0 N–H and O–H groups in total. The third kappa shape index (κ3) is 3.53. The molecule has 0 spiro atoms. The second-order valence-corrected chi connectivity index (χ2v) is 6.76. The number of amides is 1. The Morgan fingerprint density at radius 2 is 2.07 bits per heavy atom. The Morgan fingerprint density at radius 3 is 2.78 bits per heavy atom. The van der Waals surface area contributed by atoms with E-state index in [1.807, 2.05) is 16.8 Å². The van der Waals surface area contributed by atoms with Crippen molar-refractivity contribution in [3.63, 3.8) is 0 Å². The quantitative estimate of drug-likeness (QED) is 0.664. The van der Waals surface area contributed by atoms with Gasteiger partial charge < -0.3 is 14.2 Å². The number of ether oxygens (including phenoxy) is 1. The predicted molar refractivity (Wildman–Crippen MR) is 102 cm³/mol. The Hall–Kier alpha value is -3.22. The van der Waals surface area contributed by atoms with Crippen molar-refractivity contribution in [1.82, 2.24) is 24.4 Å². The molecule has 0 atom stereocenters. The average Bonchev–Trinajstić information content (AvgIpc) is 3.21. The highest BCUT2D eigenvalue weighted by Gasteiger charge is 2.26. The number of likely N-dealkylation sites (tertiary alicyclic amines) is 1. The van der Waals surface area contributed by atoms with E-state index in [1.54, 1.807) is 30.7 Å². The number of hydrogen-bond acceptors (Lipinski definition) is 5. The molecule has 1 aliphatic rings. The molecule has 1 aromatic carbocycles. The molecule has 1 amide bonds. The maximum atomic E-state index is 12.0. The van der Waals surface area contributed by atoms with Gasteiger partial charge >= 0.3 is 6.09 Å². The predicted octanol–water partition coefficient (Wildman–Crippen LogP) is 3.67. The zero-order chi connectivity index (χ0) is 18.8. The summed E-state index contributed by atoms with van der Waals surface area (Å²) in [5, 5.41) is 1.06. The summed E-state index contributed by atoms with van der Waals surface area (Å²) in [5.41, 5.74) is 2.97. The van der Waals surface area contributed by atoms with Gasteiger partial charge in [-0.1, -0.05) is 6.58 Å². The zero-order valence-corrected chi connectivity index (χ0v) is 15.2. The maximum Gasteiger partial charge on any atom is 0.414 e. The first-order valence-electron chi connectivity index (χ1n) is 8.97. The van der Waals surface area contributed by atoms with E-state index in [-0.39, 0.29) is 6.09 Å². The minimum absolute atomic E-state index is 0.295. The van der Waals surface area contributed by atoms with Crippen molar-refractivity contribution >= 4 is 17.0 Å². The third-order valence-electron chi connectivity index (χ3n) is 4.85. The van der Waals surface area contributed by atoms with E-state index >= 15 is 0 Å². The van der Waals surface area contributed by atoms with E-state index in [0.717, 1.165) is 35.1 Å². The lowest BCUT2D eigenvalue weighted by molar-refractivity contribution is 0.117. The number of aromatic nitrogens is 4. The Balaban J connectivity index is 1.54. The standard InChI is InChI=1S/C20H21N5O2/c1-14(2)27-20(26)24-8-5-15(6-9-24)19-17-4-3-16(25-10-7-21-13-25)11-18(17)22-12-23-19/h3-4,7,10-13,15H,1,5-6,8-9H2,2H3. The lowest BCUT2D eigenvalue weighted by atomic mass is 9.91. The molecule has 1 saturated heterocycles. The van der Waals surface area contributed by atoms with Gasteiger partial charge in [-0.3, -0.25) is 0 Å². The SMILES string of the molecule is C=C(C)OC(=O)N1CCC(c2ncnc3cc(-n4ccnc4)ccc23)CC1. The second kappa shape index (κ2) is 7.19. The number of hydrogen-bond donors (Lipinski definition) is 0. The number of fused-ring (bicyclic) bond motifs is 1. The van der Waals surface area contributed by atoms with Crippen molar-refractivity contribution in [3.8, 4) is 5.69 Å². The van der Waals surface area contributed by atoms with Crippen LogP contribution in [0.25, 0.3) is 16.6 Å². The lowest BCUT2D eigenvalue weighted by Gasteiger charge is -2.31. The first kappa shape index (κ1) is 17.2. The van der Waals surface area contributed by atoms with Crippen molar-refractivity contribution in [2.75, 3.05) is 13.1 Å². The maximum absolute atomic E-state index is 12.0. The Bertz CT molecular complexity index is 975. The molecule has 27 heavy (non-hydrogen) atoms. The molecule has 2 aromatic heterocycles. The highest BCUT2D eigenvalue weighted by atomic mass is 16.6. The number of benzene rings is 1. The van der Waals surface area contributed by atoms with Crippen LogP contribution in [0.3, 0.4) is 0 Å². The molecule has 0 saturated carbocycles. The lowest BCUT2D eigenvalue weighted by Crippen LogP contribution is -2.38. The number of rotatable bonds is 3. The third-order valence-corrected chi connectivity index (χ3v) is 4.85. The largest absolute Gasteiger partial charge is 0.416 e. The van der Waals surface area contributed by atoms with Crippen LogP contribution in [-0.4, -0.2) is 43.6 Å². The van der Waals surface area contributed by atoms with Gasteiger partial charge in [0.25, 0.3) is 0 Å². The van der Waals surface area contributed by atoms with Crippen LogP contribution in [0.1, 0.15) is 31.4 Å². The minimum atomic E-state index is -0.321. The molecule has 3 heterocycles. The highest BCUT2D eigenvalue weighted by molar-refractivity contribution is 5.83. The van der Waals surface area contributed by atoms with Crippen LogP contribution in [0.2, 0.25) is 0 Å². The summed E-state index contributed by atoms with van der Waals surface area (Å²) in [6.45, 7) is 6.59. The summed E-state index contributed by atoms with van der Waals surface area (Å²) < 4.78 is 7.06. The summed E-state index contributed by atoms with van der Waals surface area (Å²) in [5.74, 6) is 0.709. The summed E-state index contributed by atoms with van der Waals surface area (Å²) in [6, 6.07) is 6.17. The van der Waals surface area contributed by atoms with Gasteiger partial charge in [-0.05, 0) is 38.0 Å². The molecule has 1 fully saturated rings. The van der Waals surface area contributed by atoms with E-state index in [0.29, 0.717) is 24.8 Å². The van der Waals surface area contributed by atoms with Crippen LogP contribution in [-0.2, 0) is 4.74 Å². The van der Waals surface area contributed by atoms with Crippen LogP contribution in [0, 0.1) is 0 Å². The Labute approximate surface area is 157 Å². The molecule has 3 aromatic rings. The molecule has 0 aliphatic carbocycles. The smallest absolute Gasteiger partial charge is 0.414 e. The zero-order valence-electron chi connectivity index (χ0n) is 15.2. The van der Waals surface area contributed by atoms with Gasteiger partial charge in [0, 0.05) is 42.5 Å². The molecule has 1 aliphatic heterocycles. The Kier molecular flexibility index (Phi) is 4.58. The van der Waals surface area contributed by atoms with Crippen LogP contribution in [0.4, 0.5) is 4.79 Å². The highest BCUT2D eigenvalue weighted by Crippen LogP contribution is 2.31. The van der Waals surface area contributed by atoms with Gasteiger partial charge in [0.05, 0.1) is 23.3 Å². The fourth-order valence-corrected chi connectivity index (χ4v) is 3.51. The van der Waals surface area contributed by atoms with Gasteiger partial charge in [-0.15, -0.1) is 0 Å². The average molecular weight is 363 g/mol. The van der Waals surface area contributed by atoms with Crippen molar-refractivity contribution in [3.05, 3.63) is 61.3 Å². The monoisotopic (exact) mass is 363 g/mol. The van der Waals surface area contributed by atoms with Crippen LogP contribution in [0.5, 0.6) is 0 Å². The molecule has 0 unspecified atom stereocenters. The Morgan fingerprint density at radius 1 is 1.26 bits per heavy atom. The fourth-order valence-electron chi connectivity index (χ4n) is 3.51. The van der Waals surface area contributed by atoms with Gasteiger partial charge in [-0.25, -0.2) is 19.7 Å². The topological polar surface area (TPSA) is 73.1 Å². The number of nitrogens with zero attached hydrogens (tertiary/aromatic N) is 5. The van der Waals surface area contributed by atoms with E-state index < -0.39 is 0 Å². The first-order chi connectivity index (χ1) is 13.1. The molecular weight excluding hydrogens is 342 g/mol. The van der Waals surface area contributed by atoms with Crippen molar-refractivity contribution in [2.45, 2.75) is 25.7 Å². The molecule has 4 rings (SSSR count). The normalized spacial score (nSPS) is 15.1. The van der Waals surface area contributed by atoms with E-state index in [9.17, 15) is 4.79 Å². The number of piperidine rings is 1. The summed E-state index contributed by atoms with van der Waals surface area (Å²) in [7, 11) is 0. The molecular formula is C20H21N5O2. The molecule has 0 bridgehead atoms.